The standard InChI is InChI=1S/C28H24FN3O2/c29-24-13-11-19(12-14-24)25-17-26(31-30-25)23-10-5-15-32(18-23)28(34)22-9-4-8-21(16-22)27(33)20-6-2-1-3-7-20/h1-4,6-9,11-14,16-17,23H,5,10,15,18H2,(H,30,31)/t23-/m0/s1. The van der Waals surface area contributed by atoms with Gasteiger partial charge in [0.25, 0.3) is 5.91 Å². The van der Waals surface area contributed by atoms with Gasteiger partial charge in [0.05, 0.1) is 5.69 Å². The van der Waals surface area contributed by atoms with Crippen LogP contribution in [0, 0.1) is 5.82 Å². The number of amides is 1. The van der Waals surface area contributed by atoms with E-state index in [1.807, 2.05) is 29.2 Å². The fourth-order valence-electron chi connectivity index (χ4n) is 4.46. The quantitative estimate of drug-likeness (QED) is 0.408. The zero-order chi connectivity index (χ0) is 23.5. The first kappa shape index (κ1) is 21.8. The zero-order valence-corrected chi connectivity index (χ0v) is 18.6. The summed E-state index contributed by atoms with van der Waals surface area (Å²) >= 11 is 0. The van der Waals surface area contributed by atoms with E-state index >= 15 is 0 Å². The van der Waals surface area contributed by atoms with E-state index in [9.17, 15) is 14.0 Å². The smallest absolute Gasteiger partial charge is 0.253 e. The van der Waals surface area contributed by atoms with Gasteiger partial charge >= 0.3 is 0 Å². The summed E-state index contributed by atoms with van der Waals surface area (Å²) in [7, 11) is 0. The molecule has 5 rings (SSSR count). The lowest BCUT2D eigenvalue weighted by Gasteiger charge is -2.32. The lowest BCUT2D eigenvalue weighted by atomic mass is 9.93. The highest BCUT2D eigenvalue weighted by Crippen LogP contribution is 2.29. The van der Waals surface area contributed by atoms with Crippen LogP contribution in [0.5, 0.6) is 0 Å². The van der Waals surface area contributed by atoms with Crippen LogP contribution in [0.3, 0.4) is 0 Å². The molecule has 0 aliphatic carbocycles. The molecule has 0 spiro atoms. The Balaban J connectivity index is 1.31. The first-order valence-corrected chi connectivity index (χ1v) is 11.4. The second-order valence-electron chi connectivity index (χ2n) is 8.58. The number of benzene rings is 3. The van der Waals surface area contributed by atoms with Crippen LogP contribution in [0.2, 0.25) is 0 Å². The second kappa shape index (κ2) is 9.43. The van der Waals surface area contributed by atoms with E-state index in [4.69, 9.17) is 0 Å². The molecule has 34 heavy (non-hydrogen) atoms. The van der Waals surface area contributed by atoms with Gasteiger partial charge in [-0.1, -0.05) is 42.5 Å². The van der Waals surface area contributed by atoms with Crippen molar-refractivity contribution in [2.24, 2.45) is 0 Å². The van der Waals surface area contributed by atoms with Gasteiger partial charge in [0.1, 0.15) is 5.82 Å². The number of halogens is 1. The predicted octanol–water partition coefficient (Wildman–Crippen LogP) is 5.47. The Hall–Kier alpha value is -4.06. The molecule has 1 fully saturated rings. The van der Waals surface area contributed by atoms with Crippen LogP contribution in [0.1, 0.15) is 50.7 Å². The van der Waals surface area contributed by atoms with Crippen LogP contribution in [-0.4, -0.2) is 39.9 Å². The van der Waals surface area contributed by atoms with Crippen LogP contribution >= 0.6 is 0 Å². The molecule has 1 N–H and O–H groups in total. The molecule has 0 radical (unpaired) electrons. The largest absolute Gasteiger partial charge is 0.338 e. The molecule has 1 aliphatic rings. The third-order valence-electron chi connectivity index (χ3n) is 6.29. The first-order chi connectivity index (χ1) is 16.6. The molecule has 6 heteroatoms. The molecule has 0 unspecified atom stereocenters. The van der Waals surface area contributed by atoms with E-state index in [1.54, 1.807) is 48.5 Å². The first-order valence-electron chi connectivity index (χ1n) is 11.4. The van der Waals surface area contributed by atoms with Crippen molar-refractivity contribution in [1.82, 2.24) is 15.1 Å². The number of aromatic nitrogens is 2. The van der Waals surface area contributed by atoms with Crippen molar-refractivity contribution >= 4 is 11.7 Å². The molecule has 0 saturated carbocycles. The number of nitrogens with one attached hydrogen (secondary N) is 1. The summed E-state index contributed by atoms with van der Waals surface area (Å²) in [6.07, 6.45) is 1.82. The van der Waals surface area contributed by atoms with Crippen molar-refractivity contribution in [1.29, 1.82) is 0 Å². The number of aromatic amines is 1. The lowest BCUT2D eigenvalue weighted by Crippen LogP contribution is -2.39. The number of likely N-dealkylation sites (tertiary alicyclic amines) is 1. The number of hydrogen-bond acceptors (Lipinski definition) is 3. The molecule has 0 bridgehead atoms. The van der Waals surface area contributed by atoms with Crippen LogP contribution in [0.25, 0.3) is 11.3 Å². The fourth-order valence-corrected chi connectivity index (χ4v) is 4.46. The molecular weight excluding hydrogens is 429 g/mol. The average molecular weight is 454 g/mol. The molecule has 170 valence electrons. The number of H-pyrrole nitrogens is 1. The summed E-state index contributed by atoms with van der Waals surface area (Å²) < 4.78 is 13.2. The molecule has 1 amide bonds. The second-order valence-corrected chi connectivity index (χ2v) is 8.58. The maximum absolute atomic E-state index is 13.3. The lowest BCUT2D eigenvalue weighted by molar-refractivity contribution is 0.0706. The number of ketones is 1. The van der Waals surface area contributed by atoms with Gasteiger partial charge in [0, 0.05) is 47.0 Å². The Morgan fingerprint density at radius 2 is 1.62 bits per heavy atom. The number of carbonyl (C=O) groups excluding carboxylic acids is 2. The van der Waals surface area contributed by atoms with Crippen LogP contribution in [0.15, 0.2) is 84.9 Å². The minimum atomic E-state index is -0.282. The molecule has 1 atom stereocenters. The number of nitrogens with zero attached hydrogens (tertiary/aromatic N) is 2. The summed E-state index contributed by atoms with van der Waals surface area (Å²) in [5, 5.41) is 7.49. The van der Waals surface area contributed by atoms with Crippen LogP contribution in [-0.2, 0) is 0 Å². The molecule has 1 aliphatic heterocycles. The van der Waals surface area contributed by atoms with Crippen molar-refractivity contribution in [2.75, 3.05) is 13.1 Å². The minimum absolute atomic E-state index is 0.0781. The maximum Gasteiger partial charge on any atom is 0.253 e. The molecule has 2 heterocycles. The molecule has 4 aromatic rings. The Bertz CT molecular complexity index is 1320. The van der Waals surface area contributed by atoms with E-state index in [-0.39, 0.29) is 23.4 Å². The summed E-state index contributed by atoms with van der Waals surface area (Å²) in [5.41, 5.74) is 4.17. The third kappa shape index (κ3) is 4.53. The van der Waals surface area contributed by atoms with Gasteiger partial charge in [-0.2, -0.15) is 5.10 Å². The van der Waals surface area contributed by atoms with Gasteiger partial charge in [0.15, 0.2) is 5.78 Å². The summed E-state index contributed by atoms with van der Waals surface area (Å²) in [5.74, 6) is -0.327. The molecule has 1 saturated heterocycles. The highest BCUT2D eigenvalue weighted by molar-refractivity contribution is 6.10. The van der Waals surface area contributed by atoms with Crippen molar-refractivity contribution in [3.05, 3.63) is 113 Å². The van der Waals surface area contributed by atoms with E-state index in [0.717, 1.165) is 29.8 Å². The van der Waals surface area contributed by atoms with E-state index in [1.165, 1.54) is 12.1 Å². The molecule has 3 aromatic carbocycles. The normalized spacial score (nSPS) is 15.8. The summed E-state index contributed by atoms with van der Waals surface area (Å²) in [6.45, 7) is 1.24. The Morgan fingerprint density at radius 3 is 2.41 bits per heavy atom. The van der Waals surface area contributed by atoms with Gasteiger partial charge in [-0.05, 0) is 55.3 Å². The highest BCUT2D eigenvalue weighted by atomic mass is 19.1. The Labute approximate surface area is 197 Å². The predicted molar refractivity (Wildman–Crippen MR) is 128 cm³/mol. The van der Waals surface area contributed by atoms with E-state index < -0.39 is 0 Å². The molecule has 5 nitrogen and oxygen atoms in total. The number of carbonyl (C=O) groups is 2. The van der Waals surface area contributed by atoms with E-state index in [0.29, 0.717) is 29.8 Å². The fraction of sp³-hybridized carbons (Fsp3) is 0.179. The summed E-state index contributed by atoms with van der Waals surface area (Å²) in [6, 6.07) is 24.2. The SMILES string of the molecule is O=C(c1ccccc1)c1cccc(C(=O)N2CCC[C@H](c3cc(-c4ccc(F)cc4)n[nH]3)C2)c1. The highest BCUT2D eigenvalue weighted by Gasteiger charge is 2.27. The Kier molecular flexibility index (Phi) is 6.04. The van der Waals surface area contributed by atoms with Crippen LogP contribution in [0.4, 0.5) is 4.39 Å². The van der Waals surface area contributed by atoms with Crippen molar-refractivity contribution < 1.29 is 14.0 Å². The average Bonchev–Trinajstić information content (AvgIpc) is 3.39. The van der Waals surface area contributed by atoms with Crippen LogP contribution < -0.4 is 0 Å². The minimum Gasteiger partial charge on any atom is -0.338 e. The van der Waals surface area contributed by atoms with Gasteiger partial charge in [-0.3, -0.25) is 14.7 Å². The Morgan fingerprint density at radius 1 is 0.882 bits per heavy atom. The molecule has 1 aromatic heterocycles. The van der Waals surface area contributed by atoms with Crippen molar-refractivity contribution in [2.45, 2.75) is 18.8 Å². The molecular formula is C28H24FN3O2. The monoisotopic (exact) mass is 453 g/mol. The van der Waals surface area contributed by atoms with Gasteiger partial charge in [-0.15, -0.1) is 0 Å². The topological polar surface area (TPSA) is 66.1 Å². The number of piperidine rings is 1. The number of hydrogen-bond donors (Lipinski definition) is 1. The van der Waals surface area contributed by atoms with Gasteiger partial charge in [0.2, 0.25) is 0 Å². The van der Waals surface area contributed by atoms with Gasteiger partial charge < -0.3 is 4.90 Å². The van der Waals surface area contributed by atoms with Crippen molar-refractivity contribution in [3.8, 4) is 11.3 Å². The van der Waals surface area contributed by atoms with Crippen molar-refractivity contribution in [3.63, 3.8) is 0 Å². The van der Waals surface area contributed by atoms with E-state index in [2.05, 4.69) is 10.2 Å². The number of rotatable bonds is 5. The van der Waals surface area contributed by atoms with Gasteiger partial charge in [-0.25, -0.2) is 4.39 Å². The maximum atomic E-state index is 13.3. The third-order valence-corrected chi connectivity index (χ3v) is 6.29. The summed E-state index contributed by atoms with van der Waals surface area (Å²) in [4.78, 5) is 28.0. The zero-order valence-electron chi connectivity index (χ0n) is 18.6.